The van der Waals surface area contributed by atoms with Gasteiger partial charge in [-0.3, -0.25) is 0 Å². The summed E-state index contributed by atoms with van der Waals surface area (Å²) in [6.07, 6.45) is 1.37. The van der Waals surface area contributed by atoms with E-state index in [0.717, 1.165) is 0 Å². The third-order valence-electron chi connectivity index (χ3n) is 1.31. The van der Waals surface area contributed by atoms with E-state index in [1.807, 2.05) is 13.8 Å². The smallest absolute Gasteiger partial charge is 0.345 e. The summed E-state index contributed by atoms with van der Waals surface area (Å²) in [4.78, 5) is 22.0. The first-order valence-electron chi connectivity index (χ1n) is 4.60. The zero-order chi connectivity index (χ0) is 11.0. The van der Waals surface area contributed by atoms with Crippen LogP contribution in [0.4, 0.5) is 0 Å². The van der Waals surface area contributed by atoms with Gasteiger partial charge in [0.1, 0.15) is 5.57 Å². The highest BCUT2D eigenvalue weighted by Gasteiger charge is 2.18. The van der Waals surface area contributed by atoms with E-state index in [4.69, 9.17) is 6.58 Å². The van der Waals surface area contributed by atoms with Gasteiger partial charge in [-0.1, -0.05) is 13.8 Å². The van der Waals surface area contributed by atoms with E-state index >= 15 is 0 Å². The van der Waals surface area contributed by atoms with E-state index in [-0.39, 0.29) is 13.2 Å². The molecule has 0 fully saturated rings. The van der Waals surface area contributed by atoms with Crippen LogP contribution in [0.2, 0.25) is 0 Å². The van der Waals surface area contributed by atoms with Gasteiger partial charge in [-0.05, 0) is 19.4 Å². The maximum atomic E-state index is 11.0. The molecule has 0 aromatic rings. The highest BCUT2D eigenvalue weighted by molar-refractivity contribution is 6.12. The maximum absolute atomic E-state index is 11.0. The fourth-order valence-electron chi connectivity index (χ4n) is 0.628. The minimum absolute atomic E-state index is 0.251. The fourth-order valence-corrected chi connectivity index (χ4v) is 0.628. The van der Waals surface area contributed by atoms with E-state index in [2.05, 4.69) is 9.47 Å². The Morgan fingerprint density at radius 3 is 1.64 bits per heavy atom. The Kier molecular flexibility index (Phi) is 6.45. The molecule has 0 rings (SSSR count). The van der Waals surface area contributed by atoms with Crippen LogP contribution in [0.1, 0.15) is 26.7 Å². The Hall–Kier alpha value is -1.32. The Morgan fingerprint density at radius 2 is 1.36 bits per heavy atom. The summed E-state index contributed by atoms with van der Waals surface area (Å²) in [7, 11) is 0. The Morgan fingerprint density at radius 1 is 1.00 bits per heavy atom. The molecule has 0 aromatic carbocycles. The molecule has 0 atom stereocenters. The van der Waals surface area contributed by atoms with Gasteiger partial charge in [0.25, 0.3) is 0 Å². The monoisotopic (exact) mass is 199 g/mol. The lowest BCUT2D eigenvalue weighted by molar-refractivity contribution is -0.147. The number of carbonyl (C=O) groups excluding carboxylic acids is 2. The third kappa shape index (κ3) is 4.64. The summed E-state index contributed by atoms with van der Waals surface area (Å²) < 4.78 is 9.30. The van der Waals surface area contributed by atoms with Crippen LogP contribution in [0.5, 0.6) is 0 Å². The Bertz CT molecular complexity index is 198. The molecule has 0 aromatic heterocycles. The van der Waals surface area contributed by atoms with Crippen molar-refractivity contribution < 1.29 is 19.1 Å². The van der Waals surface area contributed by atoms with Crippen molar-refractivity contribution in [2.24, 2.45) is 0 Å². The van der Waals surface area contributed by atoms with Gasteiger partial charge in [-0.2, -0.15) is 0 Å². The van der Waals surface area contributed by atoms with Gasteiger partial charge in [-0.25, -0.2) is 9.59 Å². The van der Waals surface area contributed by atoms with E-state index in [1.54, 1.807) is 0 Å². The summed E-state index contributed by atoms with van der Waals surface area (Å²) in [6, 6.07) is 0. The zero-order valence-corrected chi connectivity index (χ0v) is 8.54. The van der Waals surface area contributed by atoms with Gasteiger partial charge in [0.2, 0.25) is 0 Å². The van der Waals surface area contributed by atoms with Crippen LogP contribution in [0.25, 0.3) is 0 Å². The van der Waals surface area contributed by atoms with Crippen molar-refractivity contribution in [1.82, 2.24) is 0 Å². The van der Waals surface area contributed by atoms with Crippen molar-refractivity contribution in [3.05, 3.63) is 12.2 Å². The zero-order valence-electron chi connectivity index (χ0n) is 8.54. The number of hydrogen-bond acceptors (Lipinski definition) is 4. The van der Waals surface area contributed by atoms with E-state index in [1.165, 1.54) is 0 Å². The number of carbonyl (C=O) groups is 2. The minimum Gasteiger partial charge on any atom is -0.462 e. The first kappa shape index (κ1) is 12.7. The summed E-state index contributed by atoms with van der Waals surface area (Å²) >= 11 is 0. The van der Waals surface area contributed by atoms with Crippen LogP contribution in [-0.4, -0.2) is 25.2 Å². The molecule has 0 aliphatic rings. The Balaban J connectivity index is 3.92. The summed E-state index contributed by atoms with van der Waals surface area (Å²) in [6.45, 7) is 9.40. The molecule has 0 heterocycles. The fraction of sp³-hybridized carbons (Fsp3) is 0.600. The molecule has 14 heavy (non-hydrogen) atoms. The van der Waals surface area contributed by atoms with Crippen molar-refractivity contribution in [2.45, 2.75) is 26.7 Å². The van der Waals surface area contributed by atoms with E-state index in [0.29, 0.717) is 12.8 Å². The molecular formula is C10H15O4. The van der Waals surface area contributed by atoms with Gasteiger partial charge in [0, 0.05) is 0 Å². The number of ether oxygens (including phenoxy) is 2. The van der Waals surface area contributed by atoms with Crippen molar-refractivity contribution in [1.29, 1.82) is 0 Å². The molecule has 0 aliphatic heterocycles. The second kappa shape index (κ2) is 7.12. The number of rotatable bonds is 6. The molecule has 0 N–H and O–H groups in total. The van der Waals surface area contributed by atoms with Crippen molar-refractivity contribution in [2.75, 3.05) is 13.2 Å². The maximum Gasteiger partial charge on any atom is 0.345 e. The molecule has 0 saturated carbocycles. The minimum atomic E-state index is -0.812. The molecule has 0 saturated heterocycles. The third-order valence-corrected chi connectivity index (χ3v) is 1.31. The molecule has 4 nitrogen and oxygen atoms in total. The standard InChI is InChI=1S/C10H15O4/c1-4-6-13-9(11)8(3)10(12)14-7-5-2/h3H,4-7H2,1-2H3. The molecule has 4 heteroatoms. The average Bonchev–Trinajstić information content (AvgIpc) is 2.21. The summed E-state index contributed by atoms with van der Waals surface area (Å²) in [5.41, 5.74) is -0.494. The molecule has 0 bridgehead atoms. The predicted octanol–water partition coefficient (Wildman–Crippen LogP) is 1.25. The van der Waals surface area contributed by atoms with Gasteiger partial charge in [0.05, 0.1) is 13.2 Å². The van der Waals surface area contributed by atoms with Crippen LogP contribution in [-0.2, 0) is 19.1 Å². The largest absolute Gasteiger partial charge is 0.462 e. The van der Waals surface area contributed by atoms with Crippen LogP contribution in [0, 0.1) is 6.58 Å². The summed E-state index contributed by atoms with van der Waals surface area (Å²) in [5.74, 6) is -1.62. The molecular weight excluding hydrogens is 184 g/mol. The second-order valence-corrected chi connectivity index (χ2v) is 2.69. The normalized spacial score (nSPS) is 9.29. The van der Waals surface area contributed by atoms with Gasteiger partial charge >= 0.3 is 11.9 Å². The van der Waals surface area contributed by atoms with Crippen LogP contribution in [0.15, 0.2) is 5.57 Å². The van der Waals surface area contributed by atoms with Crippen molar-refractivity contribution in [3.63, 3.8) is 0 Å². The lowest BCUT2D eigenvalue weighted by atomic mass is 10.3. The van der Waals surface area contributed by atoms with Crippen LogP contribution < -0.4 is 0 Å². The molecule has 0 spiro atoms. The molecule has 0 unspecified atom stereocenters. The van der Waals surface area contributed by atoms with Crippen molar-refractivity contribution >= 4 is 11.9 Å². The molecule has 79 valence electrons. The molecule has 1 radical (unpaired) electrons. The summed E-state index contributed by atoms with van der Waals surface area (Å²) in [5, 5.41) is 0. The van der Waals surface area contributed by atoms with Gasteiger partial charge in [-0.15, -0.1) is 0 Å². The quantitative estimate of drug-likeness (QED) is 0.279. The lowest BCUT2D eigenvalue weighted by Crippen LogP contribution is -2.18. The van der Waals surface area contributed by atoms with E-state index in [9.17, 15) is 9.59 Å². The SMILES string of the molecule is [CH]=C(C(=O)OCCC)C(=O)OCCC. The lowest BCUT2D eigenvalue weighted by Gasteiger charge is -2.05. The van der Waals surface area contributed by atoms with Gasteiger partial charge < -0.3 is 9.47 Å². The van der Waals surface area contributed by atoms with Gasteiger partial charge in [0.15, 0.2) is 0 Å². The van der Waals surface area contributed by atoms with E-state index < -0.39 is 17.5 Å². The average molecular weight is 199 g/mol. The van der Waals surface area contributed by atoms with Crippen LogP contribution in [0.3, 0.4) is 0 Å². The molecule has 0 aliphatic carbocycles. The second-order valence-electron chi connectivity index (χ2n) is 2.69. The van der Waals surface area contributed by atoms with Crippen LogP contribution >= 0.6 is 0 Å². The highest BCUT2D eigenvalue weighted by Crippen LogP contribution is 1.99. The first-order valence-corrected chi connectivity index (χ1v) is 4.60. The number of esters is 2. The molecule has 0 amide bonds. The Labute approximate surface area is 83.9 Å². The predicted molar refractivity (Wildman–Crippen MR) is 50.3 cm³/mol. The van der Waals surface area contributed by atoms with Crippen molar-refractivity contribution in [3.8, 4) is 0 Å². The topological polar surface area (TPSA) is 52.6 Å². The number of hydrogen-bond donors (Lipinski definition) is 0. The highest BCUT2D eigenvalue weighted by atomic mass is 16.6. The first-order chi connectivity index (χ1) is 6.63.